The minimum Gasteiger partial charge on any atom is -0.545 e. The van der Waals surface area contributed by atoms with Crippen molar-refractivity contribution in [3.63, 3.8) is 0 Å². The highest BCUT2D eigenvalue weighted by Crippen LogP contribution is 2.24. The van der Waals surface area contributed by atoms with Crippen molar-refractivity contribution in [1.82, 2.24) is 0 Å². The van der Waals surface area contributed by atoms with Crippen molar-refractivity contribution in [3.8, 4) is 0 Å². The Kier molecular flexibility index (Phi) is 4.63. The van der Waals surface area contributed by atoms with E-state index in [0.29, 0.717) is 0 Å². The van der Waals surface area contributed by atoms with Crippen LogP contribution in [0.4, 0.5) is 0 Å². The van der Waals surface area contributed by atoms with Gasteiger partial charge in [-0.25, -0.2) is 9.59 Å². The van der Waals surface area contributed by atoms with Crippen molar-refractivity contribution in [3.05, 3.63) is 11.6 Å². The van der Waals surface area contributed by atoms with E-state index in [-0.39, 0.29) is 12.0 Å². The Labute approximate surface area is 105 Å². The first kappa shape index (κ1) is 16.1. The van der Waals surface area contributed by atoms with E-state index in [4.69, 9.17) is 0 Å². The van der Waals surface area contributed by atoms with E-state index < -0.39 is 27.9 Å². The van der Waals surface area contributed by atoms with Gasteiger partial charge in [-0.3, -0.25) is 0 Å². The maximum absolute atomic E-state index is 11.3. The number of nitrogens with zero attached hydrogens (tertiary/aromatic N) is 1. The van der Waals surface area contributed by atoms with Gasteiger partial charge in [0.1, 0.15) is 0 Å². The number of rotatable bonds is 6. The molecule has 0 spiro atoms. The molecule has 0 fully saturated rings. The van der Waals surface area contributed by atoms with Crippen molar-refractivity contribution >= 4 is 17.9 Å². The van der Waals surface area contributed by atoms with Crippen molar-refractivity contribution in [2.75, 3.05) is 21.1 Å². The van der Waals surface area contributed by atoms with Gasteiger partial charge in [-0.1, -0.05) is 6.92 Å². The summed E-state index contributed by atoms with van der Waals surface area (Å²) in [6.45, 7) is 1.48. The lowest BCUT2D eigenvalue weighted by atomic mass is 9.92. The molecule has 0 saturated heterocycles. The molecular weight excluding hydrogens is 242 g/mol. The summed E-state index contributed by atoms with van der Waals surface area (Å²) in [7, 11) is 4.09. The third-order valence-electron chi connectivity index (χ3n) is 2.74. The first-order chi connectivity index (χ1) is 8.00. The molecule has 0 aromatic carbocycles. The number of hydrogen-bond acceptors (Lipinski definition) is 4. The van der Waals surface area contributed by atoms with Gasteiger partial charge < -0.3 is 24.6 Å². The van der Waals surface area contributed by atoms with Crippen LogP contribution in [0.25, 0.3) is 0 Å². The predicted molar refractivity (Wildman–Crippen MR) is 59.4 cm³/mol. The molecule has 0 atom stereocenters. The number of aliphatic carboxylic acids is 3. The largest absolute Gasteiger partial charge is 0.545 e. The van der Waals surface area contributed by atoms with Gasteiger partial charge in [0.05, 0.1) is 27.1 Å². The molecule has 0 aliphatic rings. The molecular formula is C11H17NO6. The van der Waals surface area contributed by atoms with Crippen LogP contribution in [0.15, 0.2) is 11.6 Å². The molecule has 0 aromatic heterocycles. The van der Waals surface area contributed by atoms with E-state index in [1.54, 1.807) is 0 Å². The van der Waals surface area contributed by atoms with Crippen LogP contribution in [0, 0.1) is 0 Å². The summed E-state index contributed by atoms with van der Waals surface area (Å²) in [5.41, 5.74) is -2.72. The van der Waals surface area contributed by atoms with Gasteiger partial charge in [-0.05, 0) is 12.0 Å². The molecule has 0 unspecified atom stereocenters. The van der Waals surface area contributed by atoms with Crippen LogP contribution in [0.2, 0.25) is 0 Å². The number of quaternary nitrogens is 1. The maximum Gasteiger partial charge on any atom is 0.382 e. The molecule has 0 aromatic rings. The molecule has 7 nitrogen and oxygen atoms in total. The first-order valence-electron chi connectivity index (χ1n) is 5.22. The summed E-state index contributed by atoms with van der Waals surface area (Å²) in [6.07, 6.45) is 0.720. The highest BCUT2D eigenvalue weighted by Gasteiger charge is 2.57. The van der Waals surface area contributed by atoms with Gasteiger partial charge in [-0.15, -0.1) is 0 Å². The Bertz CT molecular complexity index is 390. The van der Waals surface area contributed by atoms with E-state index in [0.717, 1.165) is 6.08 Å². The molecule has 0 aliphatic carbocycles. The van der Waals surface area contributed by atoms with E-state index in [1.807, 2.05) is 0 Å². The summed E-state index contributed by atoms with van der Waals surface area (Å²) in [5, 5.41) is 29.2. The van der Waals surface area contributed by atoms with Crippen LogP contribution in [0.1, 0.15) is 13.3 Å². The van der Waals surface area contributed by atoms with Gasteiger partial charge in [-0.2, -0.15) is 0 Å². The highest BCUT2D eigenvalue weighted by atomic mass is 16.4. The minimum absolute atomic E-state index is 0.0232. The van der Waals surface area contributed by atoms with Crippen LogP contribution in [-0.4, -0.2) is 59.3 Å². The standard InChI is InChI=1S/C11H17NO6/c1-5-7(8(13)14)6-11(9(15)16,10(17)18)12(2,3)4/h6H,5H2,1-4H3,(H2-,13,14,15,16,17,18). The summed E-state index contributed by atoms with van der Waals surface area (Å²) in [6, 6.07) is 0. The molecule has 0 radical (unpaired) electrons. The van der Waals surface area contributed by atoms with E-state index in [2.05, 4.69) is 0 Å². The predicted octanol–water partition coefficient (Wildman–Crippen LogP) is -1.31. The van der Waals surface area contributed by atoms with Crippen LogP contribution in [-0.2, 0) is 14.4 Å². The van der Waals surface area contributed by atoms with Crippen molar-refractivity contribution < 1.29 is 34.2 Å². The number of carboxylic acids is 3. The second-order valence-electron chi connectivity index (χ2n) is 4.70. The first-order valence-corrected chi connectivity index (χ1v) is 5.22. The summed E-state index contributed by atoms with van der Waals surface area (Å²) < 4.78 is -0.492. The second kappa shape index (κ2) is 5.18. The Balaban J connectivity index is 6.16. The molecule has 0 bridgehead atoms. The lowest BCUT2D eigenvalue weighted by molar-refractivity contribution is -0.897. The quantitative estimate of drug-likeness (QED) is 0.347. The van der Waals surface area contributed by atoms with Crippen molar-refractivity contribution in [2.45, 2.75) is 18.9 Å². The number of carbonyl (C=O) groups is 3. The van der Waals surface area contributed by atoms with E-state index in [1.165, 1.54) is 28.1 Å². The SMILES string of the molecule is CCC(=CC(C(=O)O)(C(=O)O)[N+](C)(C)C)C(=O)[O-]. The third-order valence-corrected chi connectivity index (χ3v) is 2.74. The number of likely N-dealkylation sites (N-methyl/N-ethyl adjacent to an activating group) is 1. The molecule has 0 aliphatic heterocycles. The summed E-state index contributed by atoms with van der Waals surface area (Å²) in [4.78, 5) is 33.5. The zero-order valence-corrected chi connectivity index (χ0v) is 10.8. The lowest BCUT2D eigenvalue weighted by Crippen LogP contribution is -2.65. The molecule has 7 heteroatoms. The van der Waals surface area contributed by atoms with Crippen molar-refractivity contribution in [1.29, 1.82) is 0 Å². The zero-order valence-electron chi connectivity index (χ0n) is 10.8. The average molecular weight is 259 g/mol. The van der Waals surface area contributed by atoms with Crippen LogP contribution in [0.3, 0.4) is 0 Å². The fourth-order valence-electron chi connectivity index (χ4n) is 1.54. The normalized spacial score (nSPS) is 13.2. The summed E-state index contributed by atoms with van der Waals surface area (Å²) in [5.74, 6) is -4.83. The van der Waals surface area contributed by atoms with Gasteiger partial charge in [0.15, 0.2) is 0 Å². The smallest absolute Gasteiger partial charge is 0.382 e. The molecule has 0 heterocycles. The minimum atomic E-state index is -2.37. The Morgan fingerprint density at radius 3 is 1.72 bits per heavy atom. The van der Waals surface area contributed by atoms with E-state index in [9.17, 15) is 29.7 Å². The zero-order chi connectivity index (χ0) is 14.7. The fraction of sp³-hybridized carbons (Fsp3) is 0.545. The Morgan fingerprint density at radius 2 is 1.56 bits per heavy atom. The summed E-state index contributed by atoms with van der Waals surface area (Å²) >= 11 is 0. The second-order valence-corrected chi connectivity index (χ2v) is 4.70. The topological polar surface area (TPSA) is 115 Å². The van der Waals surface area contributed by atoms with Gasteiger partial charge >= 0.3 is 17.5 Å². The number of carbonyl (C=O) groups excluding carboxylic acids is 1. The molecule has 0 rings (SSSR count). The monoisotopic (exact) mass is 259 g/mol. The average Bonchev–Trinajstić information content (AvgIpc) is 2.15. The molecule has 0 amide bonds. The fourth-order valence-corrected chi connectivity index (χ4v) is 1.54. The highest BCUT2D eigenvalue weighted by molar-refractivity contribution is 6.05. The third kappa shape index (κ3) is 2.67. The molecule has 18 heavy (non-hydrogen) atoms. The van der Waals surface area contributed by atoms with Crippen LogP contribution < -0.4 is 5.11 Å². The number of carboxylic acid groups (broad SMARTS) is 3. The molecule has 2 N–H and O–H groups in total. The van der Waals surface area contributed by atoms with Gasteiger partial charge in [0.2, 0.25) is 0 Å². The Hall–Kier alpha value is -1.89. The maximum atomic E-state index is 11.3. The Morgan fingerprint density at radius 1 is 1.17 bits per heavy atom. The molecule has 0 saturated carbocycles. The lowest BCUT2D eigenvalue weighted by Gasteiger charge is -2.38. The number of hydrogen-bond donors (Lipinski definition) is 2. The van der Waals surface area contributed by atoms with Crippen molar-refractivity contribution in [2.24, 2.45) is 0 Å². The van der Waals surface area contributed by atoms with Gasteiger partial charge in [0, 0.05) is 6.08 Å². The van der Waals surface area contributed by atoms with Crippen LogP contribution >= 0.6 is 0 Å². The van der Waals surface area contributed by atoms with Crippen LogP contribution in [0.5, 0.6) is 0 Å². The molecule has 102 valence electrons. The van der Waals surface area contributed by atoms with Gasteiger partial charge in [0.25, 0.3) is 0 Å². The van der Waals surface area contributed by atoms with E-state index >= 15 is 0 Å².